The predicted octanol–water partition coefficient (Wildman–Crippen LogP) is 3.54. The van der Waals surface area contributed by atoms with Crippen molar-refractivity contribution in [2.45, 2.75) is 45.1 Å². The van der Waals surface area contributed by atoms with Crippen molar-refractivity contribution in [3.8, 4) is 0 Å². The Bertz CT molecular complexity index is 529. The Morgan fingerprint density at radius 2 is 2.10 bits per heavy atom. The molecule has 0 radical (unpaired) electrons. The van der Waals surface area contributed by atoms with Gasteiger partial charge >= 0.3 is 5.97 Å². The van der Waals surface area contributed by atoms with Crippen LogP contribution in [-0.2, 0) is 4.79 Å². The fraction of sp³-hybridized carbons (Fsp3) is 0.500. The van der Waals surface area contributed by atoms with Crippen LogP contribution in [0.4, 0.5) is 0 Å². The van der Waals surface area contributed by atoms with Crippen molar-refractivity contribution >= 4 is 29.3 Å². The van der Waals surface area contributed by atoms with E-state index in [0.717, 1.165) is 11.0 Å². The molecular formula is C16H21NO3S. The molecule has 4 nitrogen and oxygen atoms in total. The number of nitrogens with one attached hydrogen (secondary N) is 1. The summed E-state index contributed by atoms with van der Waals surface area (Å²) in [5, 5.41) is 13.4. The first-order valence-electron chi connectivity index (χ1n) is 7.36. The number of carboxylic acid groups (broad SMARTS) is 1. The van der Waals surface area contributed by atoms with Crippen LogP contribution >= 0.6 is 11.3 Å². The maximum absolute atomic E-state index is 12.2. The molecule has 0 saturated heterocycles. The lowest BCUT2D eigenvalue weighted by Gasteiger charge is -2.28. The van der Waals surface area contributed by atoms with E-state index in [0.29, 0.717) is 11.5 Å². The summed E-state index contributed by atoms with van der Waals surface area (Å²) in [6, 6.07) is 1.92. The SMILES string of the molecule is CC(NC(=O)c1csc(C=CC(=O)O)c1)C1CCCCC1. The number of carboxylic acids is 1. The highest BCUT2D eigenvalue weighted by atomic mass is 32.1. The number of rotatable bonds is 5. The second-order valence-electron chi connectivity index (χ2n) is 5.57. The highest BCUT2D eigenvalue weighted by Gasteiger charge is 2.22. The van der Waals surface area contributed by atoms with E-state index >= 15 is 0 Å². The van der Waals surface area contributed by atoms with E-state index in [2.05, 4.69) is 12.2 Å². The summed E-state index contributed by atoms with van der Waals surface area (Å²) in [6.07, 6.45) is 8.80. The van der Waals surface area contributed by atoms with Crippen LogP contribution in [0.1, 0.15) is 54.3 Å². The average Bonchev–Trinajstić information content (AvgIpc) is 2.95. The van der Waals surface area contributed by atoms with Crippen LogP contribution in [0.5, 0.6) is 0 Å². The van der Waals surface area contributed by atoms with Gasteiger partial charge in [0, 0.05) is 22.4 Å². The minimum Gasteiger partial charge on any atom is -0.478 e. The summed E-state index contributed by atoms with van der Waals surface area (Å²) >= 11 is 1.37. The fourth-order valence-electron chi connectivity index (χ4n) is 2.75. The second kappa shape index (κ2) is 7.41. The number of carbonyl (C=O) groups is 2. The summed E-state index contributed by atoms with van der Waals surface area (Å²) in [5.74, 6) is -0.479. The van der Waals surface area contributed by atoms with E-state index in [4.69, 9.17) is 5.11 Å². The van der Waals surface area contributed by atoms with Crippen LogP contribution in [0.25, 0.3) is 6.08 Å². The lowest BCUT2D eigenvalue weighted by molar-refractivity contribution is -0.131. The molecule has 21 heavy (non-hydrogen) atoms. The van der Waals surface area contributed by atoms with Gasteiger partial charge in [-0.1, -0.05) is 19.3 Å². The van der Waals surface area contributed by atoms with Crippen molar-refractivity contribution in [3.63, 3.8) is 0 Å². The topological polar surface area (TPSA) is 66.4 Å². The quantitative estimate of drug-likeness (QED) is 0.818. The molecule has 1 heterocycles. The summed E-state index contributed by atoms with van der Waals surface area (Å²) in [4.78, 5) is 23.4. The Morgan fingerprint density at radius 3 is 2.76 bits per heavy atom. The predicted molar refractivity (Wildman–Crippen MR) is 84.5 cm³/mol. The van der Waals surface area contributed by atoms with E-state index in [1.165, 1.54) is 49.5 Å². The summed E-state index contributed by atoms with van der Waals surface area (Å²) in [6.45, 7) is 2.07. The minimum atomic E-state index is -0.986. The van der Waals surface area contributed by atoms with Crippen molar-refractivity contribution < 1.29 is 14.7 Å². The zero-order valence-corrected chi connectivity index (χ0v) is 13.0. The van der Waals surface area contributed by atoms with Gasteiger partial charge in [0.05, 0.1) is 5.56 Å². The number of thiophene rings is 1. The zero-order chi connectivity index (χ0) is 15.2. The Hall–Kier alpha value is -1.62. The van der Waals surface area contributed by atoms with Crippen LogP contribution in [0, 0.1) is 5.92 Å². The van der Waals surface area contributed by atoms with E-state index < -0.39 is 5.97 Å². The molecule has 0 bridgehead atoms. The van der Waals surface area contributed by atoms with Crippen LogP contribution in [0.3, 0.4) is 0 Å². The molecular weight excluding hydrogens is 286 g/mol. The van der Waals surface area contributed by atoms with Gasteiger partial charge in [0.25, 0.3) is 5.91 Å². The Balaban J connectivity index is 1.92. The average molecular weight is 307 g/mol. The number of hydrogen-bond donors (Lipinski definition) is 2. The summed E-state index contributed by atoms with van der Waals surface area (Å²) in [5.41, 5.74) is 0.604. The van der Waals surface area contributed by atoms with Crippen molar-refractivity contribution in [1.29, 1.82) is 0 Å². The van der Waals surface area contributed by atoms with Crippen LogP contribution in [-0.4, -0.2) is 23.0 Å². The van der Waals surface area contributed by atoms with Gasteiger partial charge in [-0.3, -0.25) is 4.79 Å². The highest BCUT2D eigenvalue weighted by Crippen LogP contribution is 2.26. The largest absolute Gasteiger partial charge is 0.478 e. The molecule has 1 aliphatic rings. The van der Waals surface area contributed by atoms with Gasteiger partial charge in [-0.25, -0.2) is 4.79 Å². The molecule has 1 fully saturated rings. The number of carbonyl (C=O) groups excluding carboxylic acids is 1. The van der Waals surface area contributed by atoms with Gasteiger partial charge in [0.1, 0.15) is 0 Å². The highest BCUT2D eigenvalue weighted by molar-refractivity contribution is 7.11. The first-order chi connectivity index (χ1) is 10.1. The molecule has 1 aromatic rings. The van der Waals surface area contributed by atoms with Gasteiger partial charge in [-0.05, 0) is 37.8 Å². The first-order valence-corrected chi connectivity index (χ1v) is 8.24. The second-order valence-corrected chi connectivity index (χ2v) is 6.51. The molecule has 0 aliphatic heterocycles. The van der Waals surface area contributed by atoms with Crippen molar-refractivity contribution in [1.82, 2.24) is 5.32 Å². The Labute approximate surface area is 128 Å². The molecule has 1 aliphatic carbocycles. The fourth-order valence-corrected chi connectivity index (χ4v) is 3.53. The number of amides is 1. The molecule has 2 N–H and O–H groups in total. The lowest BCUT2D eigenvalue weighted by atomic mass is 9.84. The molecule has 114 valence electrons. The van der Waals surface area contributed by atoms with Crippen LogP contribution < -0.4 is 5.32 Å². The third kappa shape index (κ3) is 4.70. The normalized spacial score (nSPS) is 17.8. The molecule has 0 spiro atoms. The van der Waals surface area contributed by atoms with Crippen LogP contribution in [0.2, 0.25) is 0 Å². The van der Waals surface area contributed by atoms with Crippen molar-refractivity contribution in [3.05, 3.63) is 28.0 Å². The van der Waals surface area contributed by atoms with Crippen molar-refractivity contribution in [2.75, 3.05) is 0 Å². The minimum absolute atomic E-state index is 0.0701. The summed E-state index contributed by atoms with van der Waals surface area (Å²) < 4.78 is 0. The van der Waals surface area contributed by atoms with Crippen molar-refractivity contribution in [2.24, 2.45) is 5.92 Å². The smallest absolute Gasteiger partial charge is 0.328 e. The molecule has 2 rings (SSSR count). The van der Waals surface area contributed by atoms with Gasteiger partial charge < -0.3 is 10.4 Å². The molecule has 1 amide bonds. The molecule has 1 unspecified atom stereocenters. The maximum atomic E-state index is 12.2. The van der Waals surface area contributed by atoms with Gasteiger partial charge in [-0.15, -0.1) is 11.3 Å². The zero-order valence-electron chi connectivity index (χ0n) is 12.2. The molecule has 5 heteroatoms. The van der Waals surface area contributed by atoms with E-state index in [9.17, 15) is 9.59 Å². The van der Waals surface area contributed by atoms with Crippen LogP contribution in [0.15, 0.2) is 17.5 Å². The third-order valence-electron chi connectivity index (χ3n) is 3.99. The first kappa shape index (κ1) is 15.8. The Morgan fingerprint density at radius 1 is 1.38 bits per heavy atom. The number of aliphatic carboxylic acids is 1. The molecule has 1 aromatic heterocycles. The van der Waals surface area contributed by atoms with E-state index in [1.54, 1.807) is 11.4 Å². The van der Waals surface area contributed by atoms with Gasteiger partial charge in [0.15, 0.2) is 0 Å². The maximum Gasteiger partial charge on any atom is 0.328 e. The molecule has 1 atom stereocenters. The Kier molecular flexibility index (Phi) is 5.56. The van der Waals surface area contributed by atoms with Gasteiger partial charge in [-0.2, -0.15) is 0 Å². The monoisotopic (exact) mass is 307 g/mol. The van der Waals surface area contributed by atoms with E-state index in [1.807, 2.05) is 0 Å². The summed E-state index contributed by atoms with van der Waals surface area (Å²) in [7, 11) is 0. The number of hydrogen-bond acceptors (Lipinski definition) is 3. The van der Waals surface area contributed by atoms with Gasteiger partial charge in [0.2, 0.25) is 0 Å². The standard InChI is InChI=1S/C16H21NO3S/c1-11(12-5-3-2-4-6-12)17-16(20)13-9-14(21-10-13)7-8-15(18)19/h7-12H,2-6H2,1H3,(H,17,20)(H,18,19). The molecule has 0 aromatic carbocycles. The third-order valence-corrected chi connectivity index (χ3v) is 4.89. The molecule has 1 saturated carbocycles. The lowest BCUT2D eigenvalue weighted by Crippen LogP contribution is -2.38. The van der Waals surface area contributed by atoms with E-state index in [-0.39, 0.29) is 11.9 Å².